The zero-order valence-corrected chi connectivity index (χ0v) is 13.5. The number of nitrogens with zero attached hydrogens (tertiary/aromatic N) is 1. The molecule has 0 aliphatic carbocycles. The average molecular weight is 394 g/mol. The van der Waals surface area contributed by atoms with E-state index < -0.39 is 0 Å². The molecule has 20 heavy (non-hydrogen) atoms. The fourth-order valence-electron chi connectivity index (χ4n) is 2.05. The third kappa shape index (κ3) is 2.39. The summed E-state index contributed by atoms with van der Waals surface area (Å²) < 4.78 is 7.10. The van der Waals surface area contributed by atoms with Crippen LogP contribution in [0.3, 0.4) is 0 Å². The molecule has 1 heterocycles. The molecule has 0 spiro atoms. The summed E-state index contributed by atoms with van der Waals surface area (Å²) in [7, 11) is 0. The van der Waals surface area contributed by atoms with Crippen molar-refractivity contribution in [2.24, 2.45) is 0 Å². The molecule has 0 saturated heterocycles. The van der Waals surface area contributed by atoms with Crippen LogP contribution < -0.4 is 5.73 Å². The highest BCUT2D eigenvalue weighted by atomic mass is 79.9. The molecule has 3 aromatic rings. The number of anilines is 1. The minimum Gasteiger partial charge on any atom is -0.367 e. The first-order valence-electron chi connectivity index (χ1n) is 5.93. The monoisotopic (exact) mass is 392 g/mol. The molecule has 2 aromatic carbocycles. The average Bonchev–Trinajstić information content (AvgIpc) is 2.84. The van der Waals surface area contributed by atoms with Crippen LogP contribution in [-0.4, -0.2) is 5.16 Å². The largest absolute Gasteiger partial charge is 0.367 e. The summed E-state index contributed by atoms with van der Waals surface area (Å²) >= 11 is 7.01. The molecule has 0 radical (unpaired) electrons. The summed E-state index contributed by atoms with van der Waals surface area (Å²) in [5, 5.41) is 4.11. The lowest BCUT2D eigenvalue weighted by Gasteiger charge is -2.05. The van der Waals surface area contributed by atoms with Gasteiger partial charge >= 0.3 is 0 Å². The van der Waals surface area contributed by atoms with Gasteiger partial charge in [0.15, 0.2) is 0 Å². The molecule has 100 valence electrons. The van der Waals surface area contributed by atoms with Crippen molar-refractivity contribution < 1.29 is 4.52 Å². The minimum absolute atomic E-state index is 0.318. The van der Waals surface area contributed by atoms with Gasteiger partial charge in [-0.1, -0.05) is 67.3 Å². The smallest absolute Gasteiger partial charge is 0.230 e. The molecule has 5 heteroatoms. The van der Waals surface area contributed by atoms with E-state index in [1.807, 2.05) is 48.5 Å². The molecule has 0 atom stereocenters. The highest BCUT2D eigenvalue weighted by Crippen LogP contribution is 2.39. The first-order valence-corrected chi connectivity index (χ1v) is 7.51. The maximum absolute atomic E-state index is 5.94. The Morgan fingerprint density at radius 1 is 1.00 bits per heavy atom. The van der Waals surface area contributed by atoms with Gasteiger partial charge in [-0.2, -0.15) is 0 Å². The maximum atomic E-state index is 5.94. The normalized spacial score (nSPS) is 10.7. The van der Waals surface area contributed by atoms with Gasteiger partial charge < -0.3 is 10.3 Å². The molecule has 3 rings (SSSR count). The molecular formula is C15H10Br2N2O. The Morgan fingerprint density at radius 2 is 1.75 bits per heavy atom. The summed E-state index contributed by atoms with van der Waals surface area (Å²) in [5.41, 5.74) is 9.39. The Bertz CT molecular complexity index is 754. The van der Waals surface area contributed by atoms with Gasteiger partial charge in [-0.3, -0.25) is 0 Å². The Morgan fingerprint density at radius 3 is 2.50 bits per heavy atom. The van der Waals surface area contributed by atoms with Gasteiger partial charge in [0, 0.05) is 14.5 Å². The van der Waals surface area contributed by atoms with Crippen LogP contribution in [0.15, 0.2) is 62.0 Å². The number of nitrogens with two attached hydrogens (primary N) is 1. The molecule has 0 fully saturated rings. The van der Waals surface area contributed by atoms with Crippen molar-refractivity contribution in [3.63, 3.8) is 0 Å². The Kier molecular flexibility index (Phi) is 3.63. The number of rotatable bonds is 2. The van der Waals surface area contributed by atoms with Crippen LogP contribution in [0.5, 0.6) is 0 Å². The van der Waals surface area contributed by atoms with Crippen molar-refractivity contribution >= 4 is 37.7 Å². The second kappa shape index (κ2) is 5.42. The highest BCUT2D eigenvalue weighted by Gasteiger charge is 2.19. The van der Waals surface area contributed by atoms with Crippen LogP contribution in [0.2, 0.25) is 0 Å². The van der Waals surface area contributed by atoms with Crippen LogP contribution in [0.4, 0.5) is 5.88 Å². The second-order valence-electron chi connectivity index (χ2n) is 4.26. The Labute approximate surface area is 133 Å². The van der Waals surface area contributed by atoms with Gasteiger partial charge in [0.25, 0.3) is 0 Å². The first kappa shape index (κ1) is 13.4. The number of aromatic nitrogens is 1. The number of hydrogen-bond acceptors (Lipinski definition) is 3. The second-order valence-corrected chi connectivity index (χ2v) is 6.03. The number of hydrogen-bond donors (Lipinski definition) is 1. The lowest BCUT2D eigenvalue weighted by atomic mass is 10.0. The Hall–Kier alpha value is -1.59. The van der Waals surface area contributed by atoms with Gasteiger partial charge in [-0.15, -0.1) is 0 Å². The molecule has 0 aliphatic rings. The van der Waals surface area contributed by atoms with Crippen molar-refractivity contribution in [2.75, 3.05) is 5.73 Å². The van der Waals surface area contributed by atoms with Gasteiger partial charge in [-0.25, -0.2) is 0 Å². The molecule has 0 unspecified atom stereocenters. The minimum atomic E-state index is 0.318. The first-order chi connectivity index (χ1) is 9.66. The van der Waals surface area contributed by atoms with Crippen LogP contribution >= 0.6 is 31.9 Å². The molecule has 1 aromatic heterocycles. The van der Waals surface area contributed by atoms with Crippen LogP contribution in [0.1, 0.15) is 0 Å². The fourth-order valence-corrected chi connectivity index (χ4v) is 2.84. The summed E-state index contributed by atoms with van der Waals surface area (Å²) in [5.74, 6) is 0.318. The predicted octanol–water partition coefficient (Wildman–Crippen LogP) is 5.12. The van der Waals surface area contributed by atoms with Gasteiger partial charge in [-0.05, 0) is 23.8 Å². The summed E-state index contributed by atoms with van der Waals surface area (Å²) in [4.78, 5) is 0. The lowest BCUT2D eigenvalue weighted by Crippen LogP contribution is -1.88. The van der Waals surface area contributed by atoms with Crippen molar-refractivity contribution in [2.45, 2.75) is 0 Å². The van der Waals surface area contributed by atoms with Gasteiger partial charge in [0.05, 0.1) is 5.56 Å². The molecule has 0 saturated carbocycles. The van der Waals surface area contributed by atoms with Crippen molar-refractivity contribution in [1.29, 1.82) is 0 Å². The summed E-state index contributed by atoms with van der Waals surface area (Å²) in [6, 6.07) is 15.7. The van der Waals surface area contributed by atoms with Crippen LogP contribution in [-0.2, 0) is 0 Å². The zero-order valence-electron chi connectivity index (χ0n) is 10.3. The van der Waals surface area contributed by atoms with Crippen molar-refractivity contribution in [3.8, 4) is 22.4 Å². The quantitative estimate of drug-likeness (QED) is 0.657. The van der Waals surface area contributed by atoms with E-state index in [0.717, 1.165) is 31.3 Å². The van der Waals surface area contributed by atoms with Gasteiger partial charge in [0.1, 0.15) is 5.69 Å². The van der Waals surface area contributed by atoms with E-state index in [4.69, 9.17) is 10.3 Å². The van der Waals surface area contributed by atoms with Gasteiger partial charge in [0.2, 0.25) is 5.88 Å². The van der Waals surface area contributed by atoms with Crippen LogP contribution in [0, 0.1) is 0 Å². The molecule has 3 nitrogen and oxygen atoms in total. The summed E-state index contributed by atoms with van der Waals surface area (Å²) in [6.45, 7) is 0. The predicted molar refractivity (Wildman–Crippen MR) is 87.2 cm³/mol. The Balaban J connectivity index is 2.24. The molecule has 0 aliphatic heterocycles. The molecule has 2 N–H and O–H groups in total. The van der Waals surface area contributed by atoms with E-state index in [1.54, 1.807) is 0 Å². The van der Waals surface area contributed by atoms with Crippen molar-refractivity contribution in [3.05, 3.63) is 57.5 Å². The fraction of sp³-hybridized carbons (Fsp3) is 0. The number of halogens is 2. The molecule has 0 amide bonds. The lowest BCUT2D eigenvalue weighted by molar-refractivity contribution is 0.439. The highest BCUT2D eigenvalue weighted by molar-refractivity contribution is 9.11. The van der Waals surface area contributed by atoms with E-state index >= 15 is 0 Å². The standard InChI is InChI=1S/C15H10Br2N2O/c16-10-6-7-12(17)11(8-10)14-13(15(18)20-19-14)9-4-2-1-3-5-9/h1-8H,18H2. The third-order valence-corrected chi connectivity index (χ3v) is 4.15. The van der Waals surface area contributed by atoms with E-state index in [0.29, 0.717) is 5.88 Å². The summed E-state index contributed by atoms with van der Waals surface area (Å²) in [6.07, 6.45) is 0. The van der Waals surface area contributed by atoms with E-state index in [2.05, 4.69) is 37.0 Å². The molecule has 0 bridgehead atoms. The van der Waals surface area contributed by atoms with Crippen molar-refractivity contribution in [1.82, 2.24) is 5.16 Å². The zero-order chi connectivity index (χ0) is 14.1. The SMILES string of the molecule is Nc1onc(-c2cc(Br)ccc2Br)c1-c1ccccc1. The topological polar surface area (TPSA) is 52.0 Å². The van der Waals surface area contributed by atoms with E-state index in [1.165, 1.54) is 0 Å². The van der Waals surface area contributed by atoms with Crippen LogP contribution in [0.25, 0.3) is 22.4 Å². The van der Waals surface area contributed by atoms with E-state index in [-0.39, 0.29) is 0 Å². The number of nitrogen functional groups attached to an aromatic ring is 1. The molecular weight excluding hydrogens is 384 g/mol. The van der Waals surface area contributed by atoms with E-state index in [9.17, 15) is 0 Å². The number of benzene rings is 2. The maximum Gasteiger partial charge on any atom is 0.230 e. The third-order valence-electron chi connectivity index (χ3n) is 2.96.